The van der Waals surface area contributed by atoms with Crippen LogP contribution < -0.4 is 24.8 Å². The van der Waals surface area contributed by atoms with Crippen molar-refractivity contribution in [1.82, 2.24) is 0 Å². The molecule has 0 spiro atoms. The number of halogens is 2. The van der Waals surface area contributed by atoms with E-state index >= 15 is 0 Å². The van der Waals surface area contributed by atoms with Crippen LogP contribution in [-0.4, -0.2) is 0 Å². The molecule has 0 heterocycles. The van der Waals surface area contributed by atoms with Crippen molar-refractivity contribution in [2.75, 3.05) is 0 Å². The van der Waals surface area contributed by atoms with E-state index in [-0.39, 0.29) is 24.8 Å². The predicted molar refractivity (Wildman–Crippen MR) is 63.6 cm³/mol. The molecule has 2 aliphatic rings. The minimum atomic E-state index is 0. The Balaban J connectivity index is 0.000000810. The Kier molecular flexibility index (Phi) is 5.65. The summed E-state index contributed by atoms with van der Waals surface area (Å²) in [5.41, 5.74) is 7.57. The second-order valence-corrected chi connectivity index (χ2v) is 5.82. The van der Waals surface area contributed by atoms with Crippen molar-refractivity contribution in [3.8, 4) is 0 Å². The third kappa shape index (κ3) is 2.46. The Hall–Kier alpha value is -0.0969. The first-order valence-corrected chi connectivity index (χ1v) is 7.08. The van der Waals surface area contributed by atoms with Crippen LogP contribution in [0.2, 0.25) is 0 Å². The largest absolute Gasteiger partial charge is 1.00 e. The minimum absolute atomic E-state index is 0. The molecule has 18 heavy (non-hydrogen) atoms. The molecule has 0 bridgehead atoms. The summed E-state index contributed by atoms with van der Waals surface area (Å²) < 4.78 is 0.667. The summed E-state index contributed by atoms with van der Waals surface area (Å²) in [7, 11) is 0. The molecule has 1 aromatic rings. The van der Waals surface area contributed by atoms with E-state index in [0.29, 0.717) is 3.63 Å². The topological polar surface area (TPSA) is 0 Å². The van der Waals surface area contributed by atoms with Gasteiger partial charge in [0, 0.05) is 0 Å². The van der Waals surface area contributed by atoms with Gasteiger partial charge in [-0.25, -0.2) is 0 Å². The maximum Gasteiger partial charge on any atom is -1.00 e. The van der Waals surface area contributed by atoms with Gasteiger partial charge in [-0.15, -0.1) is 0 Å². The molecule has 2 aliphatic carbocycles. The monoisotopic (exact) mass is 353 g/mol. The molecular formula is C15H13Cl2Zr. The maximum atomic E-state index is 2.30. The first kappa shape index (κ1) is 16.0. The Bertz CT molecular complexity index is 541. The summed E-state index contributed by atoms with van der Waals surface area (Å²) in [6.07, 6.45) is 7.79. The van der Waals surface area contributed by atoms with E-state index in [4.69, 9.17) is 0 Å². The Morgan fingerprint density at radius 2 is 1.89 bits per heavy atom. The van der Waals surface area contributed by atoms with Crippen LogP contribution in [0.25, 0.3) is 5.57 Å². The summed E-state index contributed by atoms with van der Waals surface area (Å²) in [6, 6.07) is 8.88. The SMILES string of the molecule is CC1=C(C2=CC=CC2)c2ccccc2[CH]1[Zr+2].[Cl-].[Cl-]. The summed E-state index contributed by atoms with van der Waals surface area (Å²) >= 11 is 1.60. The van der Waals surface area contributed by atoms with Gasteiger partial charge in [0.25, 0.3) is 0 Å². The number of hydrogen-bond acceptors (Lipinski definition) is 0. The molecule has 1 aromatic carbocycles. The van der Waals surface area contributed by atoms with Crippen molar-refractivity contribution in [1.29, 1.82) is 0 Å². The normalized spacial score (nSPS) is 20.2. The molecular weight excluding hydrogens is 342 g/mol. The molecule has 0 saturated carbocycles. The number of fused-ring (bicyclic) bond motifs is 1. The predicted octanol–water partition coefficient (Wildman–Crippen LogP) is -2.04. The van der Waals surface area contributed by atoms with Crippen molar-refractivity contribution >= 4 is 5.57 Å². The van der Waals surface area contributed by atoms with Crippen LogP contribution in [-0.2, 0) is 24.7 Å². The van der Waals surface area contributed by atoms with Crippen LogP contribution in [0.4, 0.5) is 0 Å². The van der Waals surface area contributed by atoms with Gasteiger partial charge in [0.15, 0.2) is 0 Å². The number of allylic oxidation sites excluding steroid dienone is 6. The van der Waals surface area contributed by atoms with Crippen LogP contribution in [0.1, 0.15) is 28.1 Å². The molecule has 0 fully saturated rings. The molecule has 3 rings (SSSR count). The standard InChI is InChI=1S/C15H13.2ClH.Zr/c1-11-10-13-8-4-5-9-14(13)15(11)12-6-2-3-7-12;;;/h2-6,8-10H,7H2,1H3;2*1H;/q;;;+2/p-2. The van der Waals surface area contributed by atoms with Gasteiger partial charge in [-0.05, 0) is 0 Å². The zero-order valence-electron chi connectivity index (χ0n) is 10.1. The first-order valence-electron chi connectivity index (χ1n) is 5.66. The second kappa shape index (κ2) is 6.37. The van der Waals surface area contributed by atoms with Gasteiger partial charge < -0.3 is 24.8 Å². The molecule has 91 valence electrons. The maximum absolute atomic E-state index is 2.30. The summed E-state index contributed by atoms with van der Waals surface area (Å²) in [5.74, 6) is 0. The van der Waals surface area contributed by atoms with Crippen molar-refractivity contribution in [2.45, 2.75) is 17.0 Å². The van der Waals surface area contributed by atoms with E-state index < -0.39 is 0 Å². The molecule has 0 aliphatic heterocycles. The van der Waals surface area contributed by atoms with Crippen molar-refractivity contribution in [3.05, 3.63) is 64.8 Å². The molecule has 0 radical (unpaired) electrons. The third-order valence-electron chi connectivity index (χ3n) is 3.46. The van der Waals surface area contributed by atoms with Gasteiger partial charge >= 0.3 is 112 Å². The minimum Gasteiger partial charge on any atom is -1.00 e. The van der Waals surface area contributed by atoms with Crippen LogP contribution in [0, 0.1) is 0 Å². The van der Waals surface area contributed by atoms with Gasteiger partial charge in [0.05, 0.1) is 0 Å². The molecule has 0 saturated heterocycles. The first-order chi connectivity index (χ1) is 7.79. The third-order valence-corrected chi connectivity index (χ3v) is 5.29. The number of rotatable bonds is 1. The van der Waals surface area contributed by atoms with Crippen LogP contribution >= 0.6 is 0 Å². The fraction of sp³-hybridized carbons (Fsp3) is 0.200. The van der Waals surface area contributed by atoms with Crippen molar-refractivity contribution < 1.29 is 49.5 Å². The van der Waals surface area contributed by atoms with E-state index in [1.807, 2.05) is 0 Å². The summed E-state index contributed by atoms with van der Waals surface area (Å²) in [6.45, 7) is 2.30. The molecule has 1 atom stereocenters. The van der Waals surface area contributed by atoms with Crippen molar-refractivity contribution in [3.63, 3.8) is 0 Å². The Morgan fingerprint density at radius 3 is 2.56 bits per heavy atom. The van der Waals surface area contributed by atoms with Crippen LogP contribution in [0.15, 0.2) is 53.6 Å². The average molecular weight is 355 g/mol. The number of hydrogen-bond donors (Lipinski definition) is 0. The fourth-order valence-corrected chi connectivity index (χ4v) is 3.60. The number of benzene rings is 1. The molecule has 0 amide bonds. The van der Waals surface area contributed by atoms with Gasteiger partial charge in [0.2, 0.25) is 0 Å². The van der Waals surface area contributed by atoms with Gasteiger partial charge in [0.1, 0.15) is 0 Å². The second-order valence-electron chi connectivity index (χ2n) is 4.40. The average Bonchev–Trinajstić information content (AvgIpc) is 2.89. The molecule has 0 N–H and O–H groups in total. The molecule has 3 heteroatoms. The Labute approximate surface area is 136 Å². The quantitative estimate of drug-likeness (QED) is 0.545. The van der Waals surface area contributed by atoms with E-state index in [1.54, 1.807) is 30.3 Å². The van der Waals surface area contributed by atoms with Gasteiger partial charge in [-0.1, -0.05) is 0 Å². The Morgan fingerprint density at radius 1 is 1.17 bits per heavy atom. The molecule has 0 nitrogen and oxygen atoms in total. The van der Waals surface area contributed by atoms with Gasteiger partial charge in [-0.2, -0.15) is 0 Å². The zero-order valence-corrected chi connectivity index (χ0v) is 14.1. The molecule has 0 aromatic heterocycles. The van der Waals surface area contributed by atoms with E-state index in [1.165, 1.54) is 22.3 Å². The van der Waals surface area contributed by atoms with Crippen molar-refractivity contribution in [2.24, 2.45) is 0 Å². The van der Waals surface area contributed by atoms with E-state index in [9.17, 15) is 0 Å². The fourth-order valence-electron chi connectivity index (χ4n) is 2.63. The van der Waals surface area contributed by atoms with Gasteiger partial charge in [-0.3, -0.25) is 0 Å². The molecule has 1 unspecified atom stereocenters. The smallest absolute Gasteiger partial charge is 1.00 e. The van der Waals surface area contributed by atoms with Crippen LogP contribution in [0.5, 0.6) is 0 Å². The van der Waals surface area contributed by atoms with E-state index in [0.717, 1.165) is 6.42 Å². The summed E-state index contributed by atoms with van der Waals surface area (Å²) in [4.78, 5) is 0. The van der Waals surface area contributed by atoms with Crippen LogP contribution in [0.3, 0.4) is 0 Å². The zero-order chi connectivity index (χ0) is 11.1. The van der Waals surface area contributed by atoms with E-state index in [2.05, 4.69) is 49.4 Å². The summed E-state index contributed by atoms with van der Waals surface area (Å²) in [5, 5.41) is 0.